The van der Waals surface area contributed by atoms with Gasteiger partial charge in [0.1, 0.15) is 37.3 Å². The van der Waals surface area contributed by atoms with Crippen molar-refractivity contribution in [2.75, 3.05) is 5.01 Å². The highest BCUT2D eigenvalue weighted by Gasteiger charge is 2.41. The second-order valence-corrected chi connectivity index (χ2v) is 16.5. The Kier molecular flexibility index (Phi) is 11.6. The van der Waals surface area contributed by atoms with E-state index in [1.165, 1.54) is 12.1 Å². The van der Waals surface area contributed by atoms with Gasteiger partial charge in [-0.25, -0.2) is 9.59 Å². The topological polar surface area (TPSA) is 428 Å². The summed E-state index contributed by atoms with van der Waals surface area (Å²) in [6.45, 7) is 0. The Labute approximate surface area is 349 Å². The van der Waals surface area contributed by atoms with Crippen LogP contribution >= 0.6 is 0 Å². The summed E-state index contributed by atoms with van der Waals surface area (Å²) in [6, 6.07) is 11.2. The van der Waals surface area contributed by atoms with Crippen LogP contribution in [0, 0.1) is 10.1 Å². The lowest BCUT2D eigenvalue weighted by molar-refractivity contribution is -0.385. The average molecular weight is 928 g/mol. The van der Waals surface area contributed by atoms with Crippen molar-refractivity contribution in [3.05, 3.63) is 94.5 Å². The minimum Gasteiger partial charge on any atom is -0.505 e. The maximum absolute atomic E-state index is 13.1. The number of hydrogen-bond acceptors (Lipinski definition) is 20. The fourth-order valence-corrected chi connectivity index (χ4v) is 7.58. The van der Waals surface area contributed by atoms with Crippen molar-refractivity contribution in [2.45, 2.75) is 20.7 Å². The maximum atomic E-state index is 13.1. The van der Waals surface area contributed by atoms with Crippen LogP contribution in [-0.2, 0) is 39.9 Å². The Morgan fingerprint density at radius 3 is 1.75 bits per heavy atom. The van der Waals surface area contributed by atoms with E-state index in [-0.39, 0.29) is 5.69 Å². The first-order chi connectivity index (χ1) is 29.4. The number of carboxylic acid groups (broad SMARTS) is 2. The number of para-hydroxylation sites is 1. The number of hydrogen-bond donors (Lipinski definition) is 7. The van der Waals surface area contributed by atoms with Crippen LogP contribution in [0.25, 0.3) is 10.8 Å². The first-order valence-corrected chi connectivity index (χ1v) is 20.8. The number of nitro benzene ring substituents is 1. The molecule has 0 saturated carbocycles. The molecule has 1 atom stereocenters. The predicted molar refractivity (Wildman–Crippen MR) is 209 cm³/mol. The van der Waals surface area contributed by atoms with Crippen LogP contribution in [0.3, 0.4) is 0 Å². The summed E-state index contributed by atoms with van der Waals surface area (Å²) in [4.78, 5) is 42.9. The minimum atomic E-state index is -5.51. The SMILES string of the molecule is O=C(O)C1=NN(c2ccccc2)C(=O)C1N=Nc1ccc(N=Nc2c(S(=O)(=O)O)cc3cc(S(=O)(=O)O)c(N=Nc4ccc([N+](=O)[O-])c(C(=O)O)c4)c(O)c3c2O)c(S(=O)(=O)O)c1. The zero-order chi connectivity index (χ0) is 46.3. The van der Waals surface area contributed by atoms with Gasteiger partial charge in [0.25, 0.3) is 41.9 Å². The number of benzene rings is 5. The molecule has 1 unspecified atom stereocenters. The van der Waals surface area contributed by atoms with Crippen molar-refractivity contribution in [1.82, 2.24) is 0 Å². The van der Waals surface area contributed by atoms with Gasteiger partial charge in [-0.15, -0.1) is 15.3 Å². The van der Waals surface area contributed by atoms with Gasteiger partial charge in [0, 0.05) is 6.07 Å². The molecule has 1 amide bonds. The number of anilines is 1. The van der Waals surface area contributed by atoms with E-state index in [1.54, 1.807) is 18.2 Å². The molecule has 1 aliphatic rings. The van der Waals surface area contributed by atoms with Crippen molar-refractivity contribution < 1.29 is 78.6 Å². The lowest BCUT2D eigenvalue weighted by atomic mass is 10.1. The highest BCUT2D eigenvalue weighted by molar-refractivity contribution is 7.86. The summed E-state index contributed by atoms with van der Waals surface area (Å²) >= 11 is 0. The predicted octanol–water partition coefficient (Wildman–Crippen LogP) is 5.37. The van der Waals surface area contributed by atoms with E-state index in [1.807, 2.05) is 0 Å². The molecule has 0 spiro atoms. The largest absolute Gasteiger partial charge is 0.505 e. The molecule has 1 heterocycles. The van der Waals surface area contributed by atoms with Crippen molar-refractivity contribution in [2.24, 2.45) is 35.8 Å². The van der Waals surface area contributed by atoms with Gasteiger partial charge in [0.15, 0.2) is 17.2 Å². The summed E-state index contributed by atoms with van der Waals surface area (Å²) in [7, 11) is -16.3. The monoisotopic (exact) mass is 927 g/mol. The molecule has 0 bridgehead atoms. The number of phenols is 2. The molecule has 7 N–H and O–H groups in total. The van der Waals surface area contributed by atoms with Crippen LogP contribution in [0.5, 0.6) is 11.5 Å². The number of fused-ring (bicyclic) bond motifs is 1. The molecule has 1 aliphatic heterocycles. The average Bonchev–Trinajstić information content (AvgIpc) is 3.54. The number of aromatic carboxylic acids is 1. The van der Waals surface area contributed by atoms with E-state index in [2.05, 4.69) is 35.8 Å². The van der Waals surface area contributed by atoms with Gasteiger partial charge in [0.2, 0.25) is 6.04 Å². The molecule has 0 fully saturated rings. The third-order valence-corrected chi connectivity index (χ3v) is 11.0. The summed E-state index contributed by atoms with van der Waals surface area (Å²) < 4.78 is 105. The number of nitro groups is 1. The fourth-order valence-electron chi connectivity index (χ4n) is 5.62. The first-order valence-electron chi connectivity index (χ1n) is 16.5. The number of phenolic OH excluding ortho intramolecular Hbond substituents is 2. The Hall–Kier alpha value is -8.03. The van der Waals surface area contributed by atoms with Crippen LogP contribution in [0.1, 0.15) is 10.4 Å². The zero-order valence-corrected chi connectivity index (χ0v) is 32.9. The van der Waals surface area contributed by atoms with Crippen LogP contribution in [0.15, 0.2) is 129 Å². The smallest absolute Gasteiger partial charge is 0.355 e. The molecular weight excluding hydrogens is 907 g/mol. The van der Waals surface area contributed by atoms with Crippen molar-refractivity contribution in [1.29, 1.82) is 0 Å². The number of amides is 1. The van der Waals surface area contributed by atoms with Gasteiger partial charge in [0.05, 0.1) is 27.4 Å². The number of aromatic hydroxyl groups is 2. The molecule has 0 aliphatic carbocycles. The number of carboxylic acids is 2. The van der Waals surface area contributed by atoms with Crippen LogP contribution in [0.4, 0.5) is 39.8 Å². The van der Waals surface area contributed by atoms with Gasteiger partial charge in [-0.3, -0.25) is 28.6 Å². The highest BCUT2D eigenvalue weighted by Crippen LogP contribution is 2.50. The zero-order valence-electron chi connectivity index (χ0n) is 30.5. The number of nitrogens with zero attached hydrogens (tertiary/aromatic N) is 9. The van der Waals surface area contributed by atoms with E-state index in [4.69, 9.17) is 0 Å². The number of carbonyl (C=O) groups is 3. The molecule has 63 heavy (non-hydrogen) atoms. The number of aliphatic carboxylic acids is 1. The highest BCUT2D eigenvalue weighted by atomic mass is 32.2. The summed E-state index contributed by atoms with van der Waals surface area (Å²) in [6.07, 6.45) is 0. The van der Waals surface area contributed by atoms with E-state index >= 15 is 0 Å². The molecule has 0 saturated heterocycles. The summed E-state index contributed by atoms with van der Waals surface area (Å²) in [5.41, 5.74) is -6.56. The van der Waals surface area contributed by atoms with Gasteiger partial charge >= 0.3 is 11.9 Å². The Bertz CT molecular complexity index is 3310. The van der Waals surface area contributed by atoms with Gasteiger partial charge in [-0.2, -0.15) is 50.7 Å². The summed E-state index contributed by atoms with van der Waals surface area (Å²) in [5.74, 6) is -7.20. The molecule has 5 aromatic carbocycles. The van der Waals surface area contributed by atoms with Crippen LogP contribution < -0.4 is 5.01 Å². The number of carbonyl (C=O) groups excluding carboxylic acids is 1. The minimum absolute atomic E-state index is 0.179. The Morgan fingerprint density at radius 2 is 1.22 bits per heavy atom. The van der Waals surface area contributed by atoms with Crippen LogP contribution in [-0.4, -0.2) is 93.9 Å². The summed E-state index contributed by atoms with van der Waals surface area (Å²) in [5, 5.41) is 77.1. The molecule has 30 heteroatoms. The lowest BCUT2D eigenvalue weighted by Crippen LogP contribution is -2.32. The Morgan fingerprint density at radius 1 is 0.683 bits per heavy atom. The van der Waals surface area contributed by atoms with Crippen molar-refractivity contribution >= 4 is 104 Å². The van der Waals surface area contributed by atoms with Crippen molar-refractivity contribution in [3.8, 4) is 11.5 Å². The fraction of sp³-hybridized carbons (Fsp3) is 0.0303. The molecule has 324 valence electrons. The number of rotatable bonds is 13. The van der Waals surface area contributed by atoms with Gasteiger partial charge in [-0.1, -0.05) is 18.2 Å². The molecule has 0 radical (unpaired) electrons. The second-order valence-electron chi connectivity index (χ2n) is 12.4. The lowest BCUT2D eigenvalue weighted by Gasteiger charge is -2.13. The molecular formula is C33H21N9O18S3. The van der Waals surface area contributed by atoms with E-state index in [0.29, 0.717) is 30.3 Å². The maximum Gasteiger partial charge on any atom is 0.355 e. The molecule has 5 aromatic rings. The first kappa shape index (κ1) is 44.5. The standard InChI is InChI=1S/C33H21N9O18S3/c43-29-24-14(10-22(62(55,56)57)25(29)37-34-15-7-9-20(42(50)51)18(12-15)32(46)47)11-23(63(58,59)60)26(30(24)44)38-36-19-8-6-16(13-21(19)61(52,53)54)35-39-27-28(33(48)49)40-41(31(27)45)17-4-2-1-3-5-17/h1-13,27,43-44H,(H,46,47)(H,48,49)(H,52,53,54)(H,55,56,57)(H,58,59,60). The van der Waals surface area contributed by atoms with Crippen LogP contribution in [0.2, 0.25) is 0 Å². The quantitative estimate of drug-likeness (QED) is 0.0338. The molecule has 0 aromatic heterocycles. The van der Waals surface area contributed by atoms with E-state index in [9.17, 15) is 83.8 Å². The van der Waals surface area contributed by atoms with Gasteiger partial charge in [-0.05, 0) is 60.0 Å². The van der Waals surface area contributed by atoms with E-state index < -0.39 is 142 Å². The Balaban J connectivity index is 1.45. The van der Waals surface area contributed by atoms with E-state index in [0.717, 1.165) is 23.2 Å². The second kappa shape index (κ2) is 16.4. The molecule has 27 nitrogen and oxygen atoms in total. The number of azo groups is 3. The number of hydrazone groups is 1. The normalized spacial score (nSPS) is 14.9. The third-order valence-electron chi connectivity index (χ3n) is 8.38. The molecule has 6 rings (SSSR count). The van der Waals surface area contributed by atoms with Gasteiger partial charge < -0.3 is 20.4 Å². The van der Waals surface area contributed by atoms with Crippen molar-refractivity contribution in [3.63, 3.8) is 0 Å². The third kappa shape index (κ3) is 9.04.